The molecule has 0 fully saturated rings. The number of halogens is 3. The fraction of sp³-hybridized carbons (Fsp3) is 0.444. The average molecular weight is 298 g/mol. The molecular weight excluding hydrogens is 289 g/mol. The van der Waals surface area contributed by atoms with Crippen molar-refractivity contribution in [3.63, 3.8) is 0 Å². The summed E-state index contributed by atoms with van der Waals surface area (Å²) in [6.07, 6.45) is -3.85. The van der Waals surface area contributed by atoms with Gasteiger partial charge in [0.2, 0.25) is 15.0 Å². The van der Waals surface area contributed by atoms with Gasteiger partial charge in [-0.1, -0.05) is 0 Å². The van der Waals surface area contributed by atoms with Gasteiger partial charge in [-0.15, -0.1) is 0 Å². The molecule has 6 nitrogen and oxygen atoms in total. The molecule has 0 radical (unpaired) electrons. The Morgan fingerprint density at radius 1 is 1.42 bits per heavy atom. The van der Waals surface area contributed by atoms with Crippen LogP contribution in [0.2, 0.25) is 0 Å². The topological polar surface area (TPSA) is 86.2 Å². The number of carbonyl (C=O) groups is 1. The number of ether oxygens (including phenoxy) is 1. The first kappa shape index (κ1) is 15.3. The molecule has 0 saturated carbocycles. The first-order chi connectivity index (χ1) is 8.57. The zero-order valence-corrected chi connectivity index (χ0v) is 10.7. The van der Waals surface area contributed by atoms with Gasteiger partial charge >= 0.3 is 12.1 Å². The van der Waals surface area contributed by atoms with Crippen LogP contribution in [0.25, 0.3) is 0 Å². The molecule has 0 unspecified atom stereocenters. The van der Waals surface area contributed by atoms with Crippen LogP contribution in [0.15, 0.2) is 11.4 Å². The average Bonchev–Trinajstić information content (AvgIpc) is 2.26. The molecular formula is C9H9F3N2O4S. The molecule has 19 heavy (non-hydrogen) atoms. The lowest BCUT2D eigenvalue weighted by Gasteiger charge is -2.11. The molecule has 0 N–H and O–H groups in total. The van der Waals surface area contributed by atoms with Gasteiger partial charge in [0.15, 0.2) is 5.69 Å². The molecule has 1 aromatic rings. The lowest BCUT2D eigenvalue weighted by Crippen LogP contribution is -2.20. The molecule has 1 heterocycles. The molecule has 0 saturated heterocycles. The lowest BCUT2D eigenvalue weighted by molar-refractivity contribution is -0.142. The van der Waals surface area contributed by atoms with Crippen molar-refractivity contribution in [3.8, 4) is 0 Å². The zero-order chi connectivity index (χ0) is 14.8. The van der Waals surface area contributed by atoms with Crippen LogP contribution in [0.1, 0.15) is 23.0 Å². The van der Waals surface area contributed by atoms with Crippen LogP contribution in [0.5, 0.6) is 0 Å². The predicted octanol–water partition coefficient (Wildman–Crippen LogP) is 1.08. The number of esters is 1. The van der Waals surface area contributed by atoms with Crippen molar-refractivity contribution in [1.29, 1.82) is 0 Å². The highest BCUT2D eigenvalue weighted by Crippen LogP contribution is 2.31. The minimum Gasteiger partial charge on any atom is -0.462 e. The quantitative estimate of drug-likeness (QED) is 0.613. The summed E-state index contributed by atoms with van der Waals surface area (Å²) < 4.78 is 64.8. The maximum Gasteiger partial charge on any atom is 0.434 e. The number of sulfone groups is 1. The Bertz CT molecular complexity index is 598. The second-order valence-electron chi connectivity index (χ2n) is 3.41. The normalized spacial score (nSPS) is 12.3. The zero-order valence-electron chi connectivity index (χ0n) is 9.85. The van der Waals surface area contributed by atoms with E-state index in [1.54, 1.807) is 0 Å². The minimum absolute atomic E-state index is 0.135. The van der Waals surface area contributed by atoms with Crippen LogP contribution in [0.4, 0.5) is 13.2 Å². The number of aromatic nitrogens is 2. The van der Waals surface area contributed by atoms with Crippen LogP contribution < -0.4 is 0 Å². The van der Waals surface area contributed by atoms with Gasteiger partial charge in [0.1, 0.15) is 5.56 Å². The van der Waals surface area contributed by atoms with Gasteiger partial charge in [-0.05, 0) is 6.92 Å². The Labute approximate surface area is 106 Å². The molecule has 0 spiro atoms. The summed E-state index contributed by atoms with van der Waals surface area (Å²) in [4.78, 5) is 17.4. The third-order valence-corrected chi connectivity index (χ3v) is 2.72. The van der Waals surface area contributed by atoms with E-state index in [4.69, 9.17) is 0 Å². The fourth-order valence-corrected chi connectivity index (χ4v) is 1.62. The number of carbonyl (C=O) groups excluding carboxylic acids is 1. The van der Waals surface area contributed by atoms with Gasteiger partial charge < -0.3 is 4.74 Å². The van der Waals surface area contributed by atoms with Crippen molar-refractivity contribution < 1.29 is 31.1 Å². The van der Waals surface area contributed by atoms with E-state index in [2.05, 4.69) is 14.7 Å². The van der Waals surface area contributed by atoms with Crippen molar-refractivity contribution in [3.05, 3.63) is 17.5 Å². The van der Waals surface area contributed by atoms with Gasteiger partial charge in [-0.2, -0.15) is 13.2 Å². The molecule has 0 aliphatic carbocycles. The van der Waals surface area contributed by atoms with Gasteiger partial charge in [0, 0.05) is 12.5 Å². The molecule has 1 rings (SSSR count). The van der Waals surface area contributed by atoms with Crippen molar-refractivity contribution >= 4 is 15.8 Å². The Morgan fingerprint density at radius 2 is 2.00 bits per heavy atom. The van der Waals surface area contributed by atoms with E-state index in [-0.39, 0.29) is 6.61 Å². The van der Waals surface area contributed by atoms with E-state index >= 15 is 0 Å². The van der Waals surface area contributed by atoms with Crippen molar-refractivity contribution in [2.45, 2.75) is 18.3 Å². The second-order valence-corrected chi connectivity index (χ2v) is 5.31. The maximum absolute atomic E-state index is 12.7. The first-order valence-electron chi connectivity index (χ1n) is 4.88. The number of hydrogen-bond acceptors (Lipinski definition) is 6. The molecule has 106 valence electrons. The van der Waals surface area contributed by atoms with E-state index in [0.29, 0.717) is 12.5 Å². The minimum atomic E-state index is -5.00. The fourth-order valence-electron chi connectivity index (χ4n) is 1.12. The highest BCUT2D eigenvalue weighted by molar-refractivity contribution is 7.90. The van der Waals surface area contributed by atoms with Crippen molar-refractivity contribution in [2.24, 2.45) is 0 Å². The second kappa shape index (κ2) is 5.11. The van der Waals surface area contributed by atoms with E-state index in [1.807, 2.05) is 0 Å². The standard InChI is InChI=1S/C9H9F3N2O4S/c1-3-18-7(15)5-4-13-8(19(2,16)17)14-6(5)9(10,11)12/h4H,3H2,1-2H3. The molecule has 0 aliphatic rings. The number of alkyl halides is 3. The molecule has 1 aromatic heterocycles. The van der Waals surface area contributed by atoms with E-state index in [0.717, 1.165) is 0 Å². The van der Waals surface area contributed by atoms with E-state index in [9.17, 15) is 26.4 Å². The summed E-state index contributed by atoms with van der Waals surface area (Å²) in [5.74, 6) is -1.27. The Balaban J connectivity index is 3.46. The molecule has 0 bridgehead atoms. The van der Waals surface area contributed by atoms with Crippen LogP contribution in [0.3, 0.4) is 0 Å². The van der Waals surface area contributed by atoms with Gasteiger partial charge in [-0.3, -0.25) is 0 Å². The summed E-state index contributed by atoms with van der Waals surface area (Å²) in [6.45, 7) is 1.28. The van der Waals surface area contributed by atoms with E-state index < -0.39 is 38.4 Å². The molecule has 10 heteroatoms. The summed E-state index contributed by atoms with van der Waals surface area (Å²) in [5.41, 5.74) is -2.57. The first-order valence-corrected chi connectivity index (χ1v) is 6.78. The SMILES string of the molecule is CCOC(=O)c1cnc(S(C)(=O)=O)nc1C(F)(F)F. The van der Waals surface area contributed by atoms with Gasteiger partial charge in [0.05, 0.1) is 6.61 Å². The molecule has 0 aromatic carbocycles. The highest BCUT2D eigenvalue weighted by Gasteiger charge is 2.39. The van der Waals surface area contributed by atoms with Gasteiger partial charge in [-0.25, -0.2) is 23.2 Å². The Hall–Kier alpha value is -1.71. The molecule has 0 atom stereocenters. The highest BCUT2D eigenvalue weighted by atomic mass is 32.2. The Kier molecular flexibility index (Phi) is 4.13. The summed E-state index contributed by atoms with van der Waals surface area (Å²) in [7, 11) is -4.01. The summed E-state index contributed by atoms with van der Waals surface area (Å²) in [5, 5.41) is -1.01. The Morgan fingerprint density at radius 3 is 2.42 bits per heavy atom. The molecule has 0 aliphatic heterocycles. The van der Waals surface area contributed by atoms with Crippen molar-refractivity contribution in [1.82, 2.24) is 9.97 Å². The maximum atomic E-state index is 12.7. The monoisotopic (exact) mass is 298 g/mol. The number of rotatable bonds is 3. The van der Waals surface area contributed by atoms with Crippen LogP contribution in [-0.4, -0.2) is 37.2 Å². The third-order valence-electron chi connectivity index (χ3n) is 1.86. The molecule has 0 amide bonds. The lowest BCUT2D eigenvalue weighted by atomic mass is 10.2. The van der Waals surface area contributed by atoms with E-state index in [1.165, 1.54) is 6.92 Å². The van der Waals surface area contributed by atoms with Crippen LogP contribution >= 0.6 is 0 Å². The summed E-state index contributed by atoms with van der Waals surface area (Å²) >= 11 is 0. The number of hydrogen-bond donors (Lipinski definition) is 0. The third kappa shape index (κ3) is 3.63. The predicted molar refractivity (Wildman–Crippen MR) is 56.1 cm³/mol. The number of nitrogens with zero attached hydrogens (tertiary/aromatic N) is 2. The van der Waals surface area contributed by atoms with Crippen LogP contribution in [0, 0.1) is 0 Å². The largest absolute Gasteiger partial charge is 0.462 e. The smallest absolute Gasteiger partial charge is 0.434 e. The van der Waals surface area contributed by atoms with Gasteiger partial charge in [0.25, 0.3) is 0 Å². The summed E-state index contributed by atoms with van der Waals surface area (Å²) in [6, 6.07) is 0. The van der Waals surface area contributed by atoms with Crippen LogP contribution in [-0.2, 0) is 20.8 Å². The van der Waals surface area contributed by atoms with Crippen molar-refractivity contribution in [2.75, 3.05) is 12.9 Å².